The molecule has 0 bridgehead atoms. The van der Waals surface area contributed by atoms with Crippen LogP contribution in [-0.2, 0) is 6.54 Å². The molecule has 1 aliphatic rings. The van der Waals surface area contributed by atoms with Crippen LogP contribution in [0.25, 0.3) is 0 Å². The second-order valence-electron chi connectivity index (χ2n) is 5.78. The summed E-state index contributed by atoms with van der Waals surface area (Å²) in [4.78, 5) is 14.3. The van der Waals surface area contributed by atoms with Gasteiger partial charge in [0, 0.05) is 37.6 Å². The molecule has 2 atom stereocenters. The number of nitrogens with one attached hydrogen (secondary N) is 2. The molecule has 0 aromatic carbocycles. The van der Waals surface area contributed by atoms with Crippen LogP contribution in [-0.4, -0.2) is 49.2 Å². The van der Waals surface area contributed by atoms with Crippen molar-refractivity contribution in [3.63, 3.8) is 0 Å². The fraction of sp³-hybridized carbons (Fsp3) is 0.571. The number of aromatic amines is 1. The van der Waals surface area contributed by atoms with Gasteiger partial charge in [-0.2, -0.15) is 5.10 Å². The van der Waals surface area contributed by atoms with Gasteiger partial charge in [0.25, 0.3) is 0 Å². The van der Waals surface area contributed by atoms with Crippen molar-refractivity contribution in [2.24, 2.45) is 5.92 Å². The van der Waals surface area contributed by atoms with E-state index in [1.807, 2.05) is 22.7 Å². The zero-order valence-corrected chi connectivity index (χ0v) is 12.6. The third kappa shape index (κ3) is 3.44. The number of rotatable bonds is 4. The monoisotopic (exact) mass is 303 g/mol. The minimum Gasteiger partial charge on any atom is -0.331 e. The van der Waals surface area contributed by atoms with E-state index in [2.05, 4.69) is 25.8 Å². The summed E-state index contributed by atoms with van der Waals surface area (Å²) in [5, 5.41) is 17.5. The number of nitrogens with zero attached hydrogens (tertiary/aromatic N) is 5. The number of carbonyl (C=O) groups excluding carboxylic acids is 1. The molecular formula is C14H21N7O. The molecule has 1 fully saturated rings. The predicted octanol–water partition coefficient (Wildman–Crippen LogP) is 1.18. The van der Waals surface area contributed by atoms with Gasteiger partial charge in [-0.15, -0.1) is 5.10 Å². The standard InChI is InChI=1S/C14H21N7O/c1-11(13-7-16-17-8-13)18-14(22)20-5-2-3-12(9-20)10-21-6-4-15-19-21/h4,6-8,11-12H,2-3,5,9-10H2,1H3,(H,16,17)(H,18,22). The van der Waals surface area contributed by atoms with Crippen LogP contribution < -0.4 is 5.32 Å². The fourth-order valence-corrected chi connectivity index (χ4v) is 2.85. The van der Waals surface area contributed by atoms with Gasteiger partial charge in [-0.05, 0) is 25.7 Å². The summed E-state index contributed by atoms with van der Waals surface area (Å²) in [5.41, 5.74) is 0.976. The summed E-state index contributed by atoms with van der Waals surface area (Å²) in [7, 11) is 0. The average molecular weight is 303 g/mol. The number of H-pyrrole nitrogens is 1. The average Bonchev–Trinajstić information content (AvgIpc) is 3.20. The van der Waals surface area contributed by atoms with Crippen molar-refractivity contribution in [2.75, 3.05) is 13.1 Å². The van der Waals surface area contributed by atoms with Crippen LogP contribution in [0.3, 0.4) is 0 Å². The molecule has 2 N–H and O–H groups in total. The molecule has 2 amide bonds. The Balaban J connectivity index is 1.53. The first kappa shape index (κ1) is 14.6. The smallest absolute Gasteiger partial charge is 0.317 e. The Hall–Kier alpha value is -2.38. The number of piperidine rings is 1. The van der Waals surface area contributed by atoms with E-state index in [0.717, 1.165) is 38.0 Å². The van der Waals surface area contributed by atoms with Crippen molar-refractivity contribution >= 4 is 6.03 Å². The van der Waals surface area contributed by atoms with Crippen LogP contribution >= 0.6 is 0 Å². The maximum atomic E-state index is 12.4. The summed E-state index contributed by atoms with van der Waals surface area (Å²) >= 11 is 0. The Morgan fingerprint density at radius 1 is 1.59 bits per heavy atom. The molecule has 1 aliphatic heterocycles. The molecule has 2 aromatic rings. The molecule has 22 heavy (non-hydrogen) atoms. The topological polar surface area (TPSA) is 91.7 Å². The van der Waals surface area contributed by atoms with E-state index in [1.54, 1.807) is 18.6 Å². The predicted molar refractivity (Wildman–Crippen MR) is 79.9 cm³/mol. The molecule has 3 heterocycles. The van der Waals surface area contributed by atoms with Crippen LogP contribution in [0.5, 0.6) is 0 Å². The second-order valence-corrected chi connectivity index (χ2v) is 5.78. The van der Waals surface area contributed by atoms with E-state index < -0.39 is 0 Å². The van der Waals surface area contributed by atoms with Crippen LogP contribution in [0.4, 0.5) is 4.79 Å². The first-order chi connectivity index (χ1) is 10.7. The van der Waals surface area contributed by atoms with Crippen LogP contribution in [0, 0.1) is 5.92 Å². The largest absolute Gasteiger partial charge is 0.331 e. The molecule has 3 rings (SSSR count). The van der Waals surface area contributed by atoms with Crippen molar-refractivity contribution in [3.05, 3.63) is 30.4 Å². The highest BCUT2D eigenvalue weighted by atomic mass is 16.2. The van der Waals surface area contributed by atoms with Gasteiger partial charge < -0.3 is 10.2 Å². The van der Waals surface area contributed by atoms with Gasteiger partial charge >= 0.3 is 6.03 Å². The molecular weight excluding hydrogens is 282 g/mol. The Labute approximate surface area is 128 Å². The van der Waals surface area contributed by atoms with Gasteiger partial charge in [-0.3, -0.25) is 9.78 Å². The molecule has 118 valence electrons. The lowest BCUT2D eigenvalue weighted by molar-refractivity contribution is 0.155. The summed E-state index contributed by atoms with van der Waals surface area (Å²) in [6.07, 6.45) is 9.21. The zero-order chi connectivity index (χ0) is 15.4. The number of carbonyl (C=O) groups is 1. The van der Waals surface area contributed by atoms with Crippen molar-refractivity contribution in [1.29, 1.82) is 0 Å². The summed E-state index contributed by atoms with van der Waals surface area (Å²) in [6, 6.07) is -0.0704. The lowest BCUT2D eigenvalue weighted by Gasteiger charge is -2.33. The van der Waals surface area contributed by atoms with Crippen molar-refractivity contribution in [3.8, 4) is 0 Å². The number of likely N-dealkylation sites (tertiary alicyclic amines) is 1. The first-order valence-electron chi connectivity index (χ1n) is 7.60. The van der Waals surface area contributed by atoms with Crippen LogP contribution in [0.2, 0.25) is 0 Å². The number of aromatic nitrogens is 5. The van der Waals surface area contributed by atoms with E-state index in [1.165, 1.54) is 0 Å². The highest BCUT2D eigenvalue weighted by Crippen LogP contribution is 2.19. The van der Waals surface area contributed by atoms with Gasteiger partial charge in [0.15, 0.2) is 0 Å². The molecule has 2 aromatic heterocycles. The van der Waals surface area contributed by atoms with Crippen LogP contribution in [0.1, 0.15) is 31.4 Å². The normalized spacial score (nSPS) is 19.9. The van der Waals surface area contributed by atoms with E-state index in [9.17, 15) is 4.79 Å². The Bertz CT molecular complexity index is 580. The number of hydrogen-bond donors (Lipinski definition) is 2. The molecule has 8 nitrogen and oxygen atoms in total. The van der Waals surface area contributed by atoms with E-state index in [-0.39, 0.29) is 12.1 Å². The third-order valence-corrected chi connectivity index (χ3v) is 4.08. The lowest BCUT2D eigenvalue weighted by atomic mass is 9.98. The highest BCUT2D eigenvalue weighted by Gasteiger charge is 2.25. The van der Waals surface area contributed by atoms with Crippen molar-refractivity contribution in [2.45, 2.75) is 32.4 Å². The van der Waals surface area contributed by atoms with Gasteiger partial charge in [-0.25, -0.2) is 4.79 Å². The number of amides is 2. The van der Waals surface area contributed by atoms with Gasteiger partial charge in [0.2, 0.25) is 0 Å². The Morgan fingerprint density at radius 3 is 3.23 bits per heavy atom. The molecule has 0 radical (unpaired) electrons. The maximum Gasteiger partial charge on any atom is 0.317 e. The molecule has 8 heteroatoms. The third-order valence-electron chi connectivity index (χ3n) is 4.08. The molecule has 1 saturated heterocycles. The van der Waals surface area contributed by atoms with Crippen molar-refractivity contribution < 1.29 is 4.79 Å². The summed E-state index contributed by atoms with van der Waals surface area (Å²) in [5.74, 6) is 0.422. The highest BCUT2D eigenvalue weighted by molar-refractivity contribution is 5.74. The molecule has 0 aliphatic carbocycles. The van der Waals surface area contributed by atoms with E-state index in [0.29, 0.717) is 5.92 Å². The zero-order valence-electron chi connectivity index (χ0n) is 12.6. The van der Waals surface area contributed by atoms with E-state index >= 15 is 0 Å². The SMILES string of the molecule is CC(NC(=O)N1CCCC(Cn2ccnn2)C1)c1cn[nH]c1. The summed E-state index contributed by atoms with van der Waals surface area (Å²) < 4.78 is 1.83. The number of hydrogen-bond acceptors (Lipinski definition) is 4. The maximum absolute atomic E-state index is 12.4. The lowest BCUT2D eigenvalue weighted by Crippen LogP contribution is -2.46. The summed E-state index contributed by atoms with van der Waals surface area (Å²) in [6.45, 7) is 4.32. The fourth-order valence-electron chi connectivity index (χ4n) is 2.85. The Kier molecular flexibility index (Phi) is 4.36. The number of urea groups is 1. The molecule has 0 saturated carbocycles. The van der Waals surface area contributed by atoms with Gasteiger partial charge in [-0.1, -0.05) is 5.21 Å². The van der Waals surface area contributed by atoms with Gasteiger partial charge in [0.05, 0.1) is 18.4 Å². The first-order valence-corrected chi connectivity index (χ1v) is 7.60. The van der Waals surface area contributed by atoms with Crippen LogP contribution in [0.15, 0.2) is 24.8 Å². The minimum absolute atomic E-state index is 0.0167. The molecule has 0 spiro atoms. The van der Waals surface area contributed by atoms with Crippen molar-refractivity contribution in [1.82, 2.24) is 35.4 Å². The minimum atomic E-state index is -0.0538. The quantitative estimate of drug-likeness (QED) is 0.887. The van der Waals surface area contributed by atoms with E-state index in [4.69, 9.17) is 0 Å². The van der Waals surface area contributed by atoms with Gasteiger partial charge in [0.1, 0.15) is 0 Å². The second kappa shape index (κ2) is 6.59. The Morgan fingerprint density at radius 2 is 2.50 bits per heavy atom. The molecule has 2 unspecified atom stereocenters.